The van der Waals surface area contributed by atoms with Crippen molar-refractivity contribution < 1.29 is 13.2 Å². The fourth-order valence-electron chi connectivity index (χ4n) is 4.85. The number of fused-ring (bicyclic) bond motifs is 1. The van der Waals surface area contributed by atoms with Crippen LogP contribution in [0, 0.1) is 26.7 Å². The maximum absolute atomic E-state index is 13.3. The molecule has 176 valence electrons. The maximum Gasteiger partial charge on any atom is 0.243 e. The van der Waals surface area contributed by atoms with E-state index in [0.717, 1.165) is 40.7 Å². The number of rotatable bonds is 7. The van der Waals surface area contributed by atoms with Crippen molar-refractivity contribution in [1.82, 2.24) is 19.2 Å². The summed E-state index contributed by atoms with van der Waals surface area (Å²) in [5.74, 6) is -0.129. The predicted octanol–water partition coefficient (Wildman–Crippen LogP) is 3.57. The van der Waals surface area contributed by atoms with Crippen LogP contribution in [0.3, 0.4) is 0 Å². The van der Waals surface area contributed by atoms with Gasteiger partial charge in [-0.05, 0) is 63.3 Å². The molecule has 0 saturated carbocycles. The lowest BCUT2D eigenvalue weighted by atomic mass is 9.97. The molecule has 0 unspecified atom stereocenters. The number of piperidine rings is 1. The lowest BCUT2D eigenvalue weighted by Crippen LogP contribution is -2.43. The van der Waals surface area contributed by atoms with Crippen molar-refractivity contribution in [2.75, 3.05) is 19.6 Å². The number of aryl methyl sites for hydroxylation is 4. The molecule has 3 aromatic rings. The number of para-hydroxylation sites is 2. The van der Waals surface area contributed by atoms with Crippen LogP contribution in [0.1, 0.15) is 36.0 Å². The second-order valence-corrected chi connectivity index (χ2v) is 10.9. The zero-order chi connectivity index (χ0) is 23.6. The van der Waals surface area contributed by atoms with Crippen LogP contribution in [-0.2, 0) is 21.4 Å². The summed E-state index contributed by atoms with van der Waals surface area (Å²) in [6.45, 7) is 7.78. The van der Waals surface area contributed by atoms with E-state index in [1.165, 1.54) is 4.31 Å². The first-order valence-corrected chi connectivity index (χ1v) is 13.0. The van der Waals surface area contributed by atoms with E-state index < -0.39 is 10.0 Å². The molecule has 1 aliphatic rings. The molecule has 1 N–H and O–H groups in total. The normalized spacial score (nSPS) is 15.7. The Morgan fingerprint density at radius 2 is 1.76 bits per heavy atom. The Morgan fingerprint density at radius 1 is 1.09 bits per heavy atom. The van der Waals surface area contributed by atoms with Crippen molar-refractivity contribution >= 4 is 27.0 Å². The van der Waals surface area contributed by atoms with Crippen LogP contribution in [-0.4, -0.2) is 47.8 Å². The summed E-state index contributed by atoms with van der Waals surface area (Å²) in [5, 5.41) is 3.03. The van der Waals surface area contributed by atoms with Crippen LogP contribution in [0.4, 0.5) is 0 Å². The standard InChI is InChI=1S/C25H32N4O3S/c1-18-15-19(2)24(20(3)16-18)33(31,32)29-13-9-21(10-14-29)25(30)26-11-6-12-28-17-27-22-7-4-5-8-23(22)28/h4-5,7-8,15-17,21H,6,9-14H2,1-3H3,(H,26,30). The van der Waals surface area contributed by atoms with Crippen LogP contribution >= 0.6 is 0 Å². The van der Waals surface area contributed by atoms with Crippen LogP contribution in [0.15, 0.2) is 47.6 Å². The predicted molar refractivity (Wildman–Crippen MR) is 129 cm³/mol. The SMILES string of the molecule is Cc1cc(C)c(S(=O)(=O)N2CCC(C(=O)NCCCn3cnc4ccccc43)CC2)c(C)c1. The van der Waals surface area contributed by atoms with Crippen LogP contribution < -0.4 is 5.32 Å². The van der Waals surface area contributed by atoms with E-state index in [2.05, 4.69) is 14.9 Å². The van der Waals surface area contributed by atoms with Crippen molar-refractivity contribution in [2.45, 2.75) is 51.5 Å². The zero-order valence-electron chi connectivity index (χ0n) is 19.5. The Morgan fingerprint density at radius 3 is 2.45 bits per heavy atom. The molecule has 1 aromatic heterocycles. The van der Waals surface area contributed by atoms with E-state index in [4.69, 9.17) is 0 Å². The molecule has 0 radical (unpaired) electrons. The Kier molecular flexibility index (Phi) is 6.86. The van der Waals surface area contributed by atoms with Crippen molar-refractivity contribution in [3.63, 3.8) is 0 Å². The maximum atomic E-state index is 13.3. The summed E-state index contributed by atoms with van der Waals surface area (Å²) >= 11 is 0. The Labute approximate surface area is 195 Å². The first-order valence-electron chi connectivity index (χ1n) is 11.5. The quantitative estimate of drug-likeness (QED) is 0.537. The van der Waals surface area contributed by atoms with E-state index in [1.807, 2.05) is 63.5 Å². The number of nitrogens with zero attached hydrogens (tertiary/aromatic N) is 3. The van der Waals surface area contributed by atoms with Crippen LogP contribution in [0.2, 0.25) is 0 Å². The molecule has 33 heavy (non-hydrogen) atoms. The summed E-state index contributed by atoms with van der Waals surface area (Å²) in [4.78, 5) is 17.4. The molecule has 4 rings (SSSR count). The molecular weight excluding hydrogens is 436 g/mol. The van der Waals surface area contributed by atoms with Crippen molar-refractivity contribution in [3.8, 4) is 0 Å². The molecular formula is C25H32N4O3S. The van der Waals surface area contributed by atoms with Gasteiger partial charge in [-0.1, -0.05) is 29.8 Å². The molecule has 0 aliphatic carbocycles. The number of nitrogens with one attached hydrogen (secondary N) is 1. The summed E-state index contributed by atoms with van der Waals surface area (Å²) in [6, 6.07) is 11.8. The van der Waals surface area contributed by atoms with Gasteiger partial charge in [0.25, 0.3) is 0 Å². The third kappa shape index (κ3) is 4.96. The van der Waals surface area contributed by atoms with Crippen molar-refractivity contribution in [1.29, 1.82) is 0 Å². The average molecular weight is 469 g/mol. The molecule has 1 saturated heterocycles. The molecule has 7 nitrogen and oxygen atoms in total. The number of carbonyl (C=O) groups excluding carboxylic acids is 1. The number of sulfonamides is 1. The number of aromatic nitrogens is 2. The van der Waals surface area contributed by atoms with Gasteiger partial charge in [0.15, 0.2) is 0 Å². The smallest absolute Gasteiger partial charge is 0.243 e. The van der Waals surface area contributed by atoms with Crippen molar-refractivity contribution in [3.05, 3.63) is 59.4 Å². The minimum Gasteiger partial charge on any atom is -0.356 e. The monoisotopic (exact) mass is 468 g/mol. The minimum atomic E-state index is -3.56. The van der Waals surface area contributed by atoms with Gasteiger partial charge < -0.3 is 9.88 Å². The second-order valence-electron chi connectivity index (χ2n) is 8.98. The van der Waals surface area contributed by atoms with Crippen LogP contribution in [0.25, 0.3) is 11.0 Å². The molecule has 2 aromatic carbocycles. The highest BCUT2D eigenvalue weighted by molar-refractivity contribution is 7.89. The van der Waals surface area contributed by atoms with E-state index in [-0.39, 0.29) is 11.8 Å². The molecule has 8 heteroatoms. The average Bonchev–Trinajstić information content (AvgIpc) is 3.19. The minimum absolute atomic E-state index is 0.0187. The van der Waals surface area contributed by atoms with Gasteiger partial charge in [0.1, 0.15) is 0 Å². The van der Waals surface area contributed by atoms with E-state index in [9.17, 15) is 13.2 Å². The first-order chi connectivity index (χ1) is 15.8. The van der Waals surface area contributed by atoms with E-state index in [1.54, 1.807) is 0 Å². The van der Waals surface area contributed by atoms with Gasteiger partial charge in [-0.3, -0.25) is 4.79 Å². The van der Waals surface area contributed by atoms with E-state index >= 15 is 0 Å². The number of amides is 1. The highest BCUT2D eigenvalue weighted by Crippen LogP contribution is 2.28. The molecule has 1 fully saturated rings. The Bertz CT molecular complexity index is 1230. The summed E-state index contributed by atoms with van der Waals surface area (Å²) in [7, 11) is -3.56. The first kappa shape index (κ1) is 23.4. The molecule has 1 amide bonds. The fourth-order valence-corrected chi connectivity index (χ4v) is 6.74. The van der Waals surface area contributed by atoms with Crippen LogP contribution in [0.5, 0.6) is 0 Å². The Balaban J connectivity index is 1.27. The fraction of sp³-hybridized carbons (Fsp3) is 0.440. The molecule has 2 heterocycles. The number of carbonyl (C=O) groups is 1. The second kappa shape index (κ2) is 9.65. The van der Waals surface area contributed by atoms with Gasteiger partial charge in [0.2, 0.25) is 15.9 Å². The van der Waals surface area contributed by atoms with Gasteiger partial charge in [-0.15, -0.1) is 0 Å². The summed E-state index contributed by atoms with van der Waals surface area (Å²) in [5.41, 5.74) is 4.67. The number of hydrogen-bond acceptors (Lipinski definition) is 4. The molecule has 0 bridgehead atoms. The topological polar surface area (TPSA) is 84.3 Å². The van der Waals surface area contributed by atoms with Gasteiger partial charge >= 0.3 is 0 Å². The lowest BCUT2D eigenvalue weighted by molar-refractivity contribution is -0.126. The van der Waals surface area contributed by atoms with Gasteiger partial charge in [0.05, 0.1) is 22.3 Å². The summed E-state index contributed by atoms with van der Waals surface area (Å²) < 4.78 is 30.1. The molecule has 1 aliphatic heterocycles. The van der Waals surface area contributed by atoms with Crippen molar-refractivity contribution in [2.24, 2.45) is 5.92 Å². The summed E-state index contributed by atoms with van der Waals surface area (Å²) in [6.07, 6.45) is 3.73. The van der Waals surface area contributed by atoms with Gasteiger partial charge in [-0.25, -0.2) is 13.4 Å². The number of imidazole rings is 1. The highest BCUT2D eigenvalue weighted by atomic mass is 32.2. The van der Waals surface area contributed by atoms with E-state index in [0.29, 0.717) is 37.4 Å². The molecule has 0 atom stereocenters. The highest BCUT2D eigenvalue weighted by Gasteiger charge is 2.33. The largest absolute Gasteiger partial charge is 0.356 e. The molecule has 0 spiro atoms. The van der Waals surface area contributed by atoms with Gasteiger partial charge in [-0.2, -0.15) is 4.31 Å². The third-order valence-electron chi connectivity index (χ3n) is 6.43. The number of benzene rings is 2. The third-order valence-corrected chi connectivity index (χ3v) is 8.63. The van der Waals surface area contributed by atoms with Gasteiger partial charge in [0, 0.05) is 32.1 Å². The Hall–Kier alpha value is -2.71. The number of hydrogen-bond donors (Lipinski definition) is 1. The zero-order valence-corrected chi connectivity index (χ0v) is 20.4. The lowest BCUT2D eigenvalue weighted by Gasteiger charge is -2.31.